The number of pyridine rings is 1. The number of rotatable bonds is 3. The lowest BCUT2D eigenvalue weighted by Gasteiger charge is -2.28. The second kappa shape index (κ2) is 4.71. The van der Waals surface area contributed by atoms with Crippen molar-refractivity contribution in [2.45, 2.75) is 24.6 Å². The van der Waals surface area contributed by atoms with Crippen molar-refractivity contribution in [3.8, 4) is 0 Å². The summed E-state index contributed by atoms with van der Waals surface area (Å²) in [5, 5.41) is 0. The number of hydrogen-bond acceptors (Lipinski definition) is 2. The van der Waals surface area contributed by atoms with E-state index in [-0.39, 0.29) is 15.6 Å². The molecule has 0 radical (unpaired) electrons. The fourth-order valence-corrected chi connectivity index (χ4v) is 1.91. The zero-order valence-corrected chi connectivity index (χ0v) is 10.8. The van der Waals surface area contributed by atoms with Gasteiger partial charge in [0.1, 0.15) is 0 Å². The Balaban J connectivity index is 2.56. The van der Waals surface area contributed by atoms with Crippen molar-refractivity contribution in [2.75, 3.05) is 0 Å². The van der Waals surface area contributed by atoms with Crippen molar-refractivity contribution < 1.29 is 30.7 Å². The molecule has 0 unspecified atom stereocenters. The zero-order chi connectivity index (χ0) is 16.9. The van der Waals surface area contributed by atoms with Gasteiger partial charge in [0.25, 0.3) is 0 Å². The van der Waals surface area contributed by atoms with Crippen LogP contribution in [-0.2, 0) is 13.6 Å². The smallest absolute Gasteiger partial charge is 0.293 e. The number of aryl methyl sites for hydroxylation is 1. The molecule has 0 atom stereocenters. The van der Waals surface area contributed by atoms with Crippen LogP contribution in [0.15, 0.2) is 23.3 Å². The van der Waals surface area contributed by atoms with E-state index in [4.69, 9.17) is 0 Å². The summed E-state index contributed by atoms with van der Waals surface area (Å²) >= 11 is 0. The lowest BCUT2D eigenvalue weighted by Crippen LogP contribution is -2.54. The van der Waals surface area contributed by atoms with Gasteiger partial charge in [0.15, 0.2) is 0 Å². The molecule has 2 heterocycles. The molecule has 0 aromatic carbocycles. The maximum atomic E-state index is 13.4. The quantitative estimate of drug-likeness (QED) is 0.811. The Hall–Kier alpha value is -2.07. The van der Waals surface area contributed by atoms with Crippen molar-refractivity contribution in [3.05, 3.63) is 28.9 Å². The number of hydrogen-bond donors (Lipinski definition) is 0. The summed E-state index contributed by atoms with van der Waals surface area (Å²) in [7, 11) is 1.16. The van der Waals surface area contributed by atoms with Crippen LogP contribution >= 0.6 is 0 Å². The molecule has 0 N–H and O–H groups in total. The molecule has 2 rings (SSSR count). The van der Waals surface area contributed by atoms with E-state index in [0.717, 1.165) is 30.1 Å². The normalized spacial score (nSPS) is 13.8. The van der Waals surface area contributed by atoms with Crippen LogP contribution in [0.5, 0.6) is 0 Å². The van der Waals surface area contributed by atoms with E-state index in [1.165, 1.54) is 0 Å². The minimum atomic E-state index is -6.44. The van der Waals surface area contributed by atoms with Gasteiger partial charge in [-0.25, -0.2) is 4.79 Å². The minimum absolute atomic E-state index is 0.0265. The summed E-state index contributed by atoms with van der Waals surface area (Å²) in [4.78, 5) is 15.4. The summed E-state index contributed by atoms with van der Waals surface area (Å²) in [6.07, 6.45) is -4.24. The highest BCUT2D eigenvalue weighted by Crippen LogP contribution is 2.47. The lowest BCUT2D eigenvalue weighted by atomic mass is 10.1. The van der Waals surface area contributed by atoms with Gasteiger partial charge in [-0.3, -0.25) is 14.1 Å². The standard InChI is InChI=1S/C11H8F7N3O/c1-20-7-4-19-3-2-6(7)21(8(20)22)5-9(12,13)10(14,15)11(16,17)18/h2-4H,5H2,1H3. The second-order valence-corrected chi connectivity index (χ2v) is 4.57. The van der Waals surface area contributed by atoms with E-state index in [0.29, 0.717) is 0 Å². The van der Waals surface area contributed by atoms with E-state index in [2.05, 4.69) is 4.98 Å². The third-order valence-electron chi connectivity index (χ3n) is 3.12. The highest BCUT2D eigenvalue weighted by molar-refractivity contribution is 5.74. The van der Waals surface area contributed by atoms with E-state index < -0.39 is 30.3 Å². The van der Waals surface area contributed by atoms with Crippen LogP contribution < -0.4 is 5.69 Å². The first-order valence-corrected chi connectivity index (χ1v) is 5.72. The zero-order valence-electron chi connectivity index (χ0n) is 10.8. The second-order valence-electron chi connectivity index (χ2n) is 4.57. The van der Waals surface area contributed by atoms with Gasteiger partial charge < -0.3 is 0 Å². The Morgan fingerprint density at radius 2 is 1.68 bits per heavy atom. The summed E-state index contributed by atoms with van der Waals surface area (Å²) in [6.45, 7) is -2.11. The van der Waals surface area contributed by atoms with Crippen molar-refractivity contribution >= 4 is 11.0 Å². The van der Waals surface area contributed by atoms with Gasteiger partial charge in [-0.05, 0) is 6.07 Å². The molecule has 122 valence electrons. The predicted octanol–water partition coefficient (Wildman–Crippen LogP) is 2.57. The topological polar surface area (TPSA) is 39.8 Å². The van der Waals surface area contributed by atoms with Crippen molar-refractivity contribution in [1.29, 1.82) is 0 Å². The monoisotopic (exact) mass is 331 g/mol. The molecule has 0 fully saturated rings. The Morgan fingerprint density at radius 1 is 1.09 bits per heavy atom. The number of fused-ring (bicyclic) bond motifs is 1. The maximum absolute atomic E-state index is 13.4. The van der Waals surface area contributed by atoms with Crippen LogP contribution in [0.3, 0.4) is 0 Å². The number of nitrogens with zero attached hydrogens (tertiary/aromatic N) is 3. The maximum Gasteiger partial charge on any atom is 0.459 e. The number of imidazole rings is 1. The average Bonchev–Trinajstić information content (AvgIpc) is 2.63. The number of alkyl halides is 7. The Morgan fingerprint density at radius 3 is 2.23 bits per heavy atom. The van der Waals surface area contributed by atoms with Crippen molar-refractivity contribution in [3.63, 3.8) is 0 Å². The molecule has 0 saturated heterocycles. The lowest BCUT2D eigenvalue weighted by molar-refractivity contribution is -0.356. The molecule has 11 heteroatoms. The fraction of sp³-hybridized carbons (Fsp3) is 0.455. The van der Waals surface area contributed by atoms with E-state index in [9.17, 15) is 35.5 Å². The molecule has 0 amide bonds. The van der Waals surface area contributed by atoms with Gasteiger partial charge in [0, 0.05) is 13.2 Å². The Labute approximate surface area is 117 Å². The minimum Gasteiger partial charge on any atom is -0.293 e. The van der Waals surface area contributed by atoms with Gasteiger partial charge in [-0.1, -0.05) is 0 Å². The molecule has 4 nitrogen and oxygen atoms in total. The number of aromatic nitrogens is 3. The van der Waals surface area contributed by atoms with Crippen LogP contribution in [0, 0.1) is 0 Å². The van der Waals surface area contributed by atoms with Gasteiger partial charge >= 0.3 is 23.7 Å². The van der Waals surface area contributed by atoms with E-state index in [1.54, 1.807) is 0 Å². The molecule has 0 spiro atoms. The molecule has 0 saturated carbocycles. The Bertz CT molecular complexity index is 759. The summed E-state index contributed by atoms with van der Waals surface area (Å²) < 4.78 is 90.1. The largest absolute Gasteiger partial charge is 0.459 e. The number of halogens is 7. The summed E-state index contributed by atoms with van der Waals surface area (Å²) in [6, 6.07) is 1.07. The molecule has 0 aliphatic carbocycles. The van der Waals surface area contributed by atoms with Crippen molar-refractivity contribution in [2.24, 2.45) is 7.05 Å². The average molecular weight is 331 g/mol. The van der Waals surface area contributed by atoms with Crippen LogP contribution in [0.2, 0.25) is 0 Å². The Kier molecular flexibility index (Phi) is 3.49. The first-order chi connectivity index (χ1) is 9.90. The van der Waals surface area contributed by atoms with Crippen molar-refractivity contribution in [1.82, 2.24) is 14.1 Å². The van der Waals surface area contributed by atoms with Crippen LogP contribution in [-0.4, -0.2) is 32.1 Å². The molecule has 0 aliphatic rings. The van der Waals surface area contributed by atoms with E-state index in [1.807, 2.05) is 0 Å². The molecule has 0 aliphatic heterocycles. The molecule has 22 heavy (non-hydrogen) atoms. The highest BCUT2D eigenvalue weighted by atomic mass is 19.4. The van der Waals surface area contributed by atoms with Crippen LogP contribution in [0.4, 0.5) is 30.7 Å². The van der Waals surface area contributed by atoms with Gasteiger partial charge in [0.2, 0.25) is 0 Å². The van der Waals surface area contributed by atoms with Gasteiger partial charge in [0.05, 0.1) is 23.8 Å². The predicted molar refractivity (Wildman–Crippen MR) is 60.9 cm³/mol. The molecular weight excluding hydrogens is 323 g/mol. The molecule has 0 bridgehead atoms. The van der Waals surface area contributed by atoms with E-state index >= 15 is 0 Å². The van der Waals surface area contributed by atoms with Crippen LogP contribution in [0.25, 0.3) is 11.0 Å². The summed E-state index contributed by atoms with van der Waals surface area (Å²) in [5.41, 5.74) is -1.35. The fourth-order valence-electron chi connectivity index (χ4n) is 1.91. The first-order valence-electron chi connectivity index (χ1n) is 5.72. The van der Waals surface area contributed by atoms with Gasteiger partial charge in [-0.2, -0.15) is 30.7 Å². The molecular formula is C11H8F7N3O. The third kappa shape index (κ3) is 2.24. The summed E-state index contributed by atoms with van der Waals surface area (Å²) in [5.74, 6) is -11.8. The highest BCUT2D eigenvalue weighted by Gasteiger charge is 2.73. The SMILES string of the molecule is Cn1c(=O)n(CC(F)(F)C(F)(F)C(F)(F)F)c2ccncc21. The first kappa shape index (κ1) is 16.3. The van der Waals surface area contributed by atoms with Gasteiger partial charge in [-0.15, -0.1) is 0 Å². The molecule has 2 aromatic heterocycles. The van der Waals surface area contributed by atoms with Crippen LogP contribution in [0.1, 0.15) is 0 Å². The molecule has 2 aromatic rings. The third-order valence-corrected chi connectivity index (χ3v) is 3.12.